The van der Waals surface area contributed by atoms with Crippen molar-refractivity contribution in [1.29, 1.82) is 0 Å². The van der Waals surface area contributed by atoms with Gasteiger partial charge >= 0.3 is 0 Å². The second-order valence-corrected chi connectivity index (χ2v) is 7.21. The van der Waals surface area contributed by atoms with Crippen molar-refractivity contribution in [1.82, 2.24) is 5.32 Å². The highest BCUT2D eigenvalue weighted by Gasteiger charge is 2.07. The summed E-state index contributed by atoms with van der Waals surface area (Å²) in [5.41, 5.74) is 2.82. The lowest BCUT2D eigenvalue weighted by atomic mass is 10.1. The summed E-state index contributed by atoms with van der Waals surface area (Å²) in [7, 11) is 0. The van der Waals surface area contributed by atoms with Crippen LogP contribution in [0.25, 0.3) is 0 Å². The van der Waals surface area contributed by atoms with Gasteiger partial charge in [-0.2, -0.15) is 0 Å². The number of thiocarbonyl (C=S) groups is 1. The number of hydrogen-bond donors (Lipinski definition) is 2. The largest absolute Gasteiger partial charge is 0.489 e. The molecule has 0 saturated heterocycles. The van der Waals surface area contributed by atoms with E-state index in [2.05, 4.69) is 10.6 Å². The van der Waals surface area contributed by atoms with Gasteiger partial charge in [0.2, 0.25) is 5.91 Å². The Hall–Kier alpha value is -2.89. The van der Waals surface area contributed by atoms with Crippen LogP contribution in [-0.4, -0.2) is 11.0 Å². The monoisotopic (exact) mass is 424 g/mol. The van der Waals surface area contributed by atoms with Gasteiger partial charge in [0.25, 0.3) is 0 Å². The Labute approximate surface area is 180 Å². The standard InChI is InChI=1S/C23H21ClN2O2S/c24-21-9-5-4-8-18(21)10-15-22(27)26-23(29)25-19-11-13-20(14-12-19)28-16-17-6-2-1-3-7-17/h1-9,11-14H,10,15-16H2,(H2,25,26,27,29). The van der Waals surface area contributed by atoms with E-state index in [9.17, 15) is 4.79 Å². The third-order valence-electron chi connectivity index (χ3n) is 4.19. The van der Waals surface area contributed by atoms with Gasteiger partial charge in [0.15, 0.2) is 5.11 Å². The fourth-order valence-electron chi connectivity index (χ4n) is 2.68. The summed E-state index contributed by atoms with van der Waals surface area (Å²) in [4.78, 5) is 12.1. The van der Waals surface area contributed by atoms with Gasteiger partial charge < -0.3 is 15.4 Å². The van der Waals surface area contributed by atoms with E-state index in [-0.39, 0.29) is 11.0 Å². The molecule has 0 fully saturated rings. The molecule has 0 aliphatic rings. The van der Waals surface area contributed by atoms with Crippen molar-refractivity contribution in [3.8, 4) is 5.75 Å². The van der Waals surface area contributed by atoms with E-state index in [0.717, 1.165) is 22.6 Å². The second-order valence-electron chi connectivity index (χ2n) is 6.39. The third-order valence-corrected chi connectivity index (χ3v) is 4.77. The zero-order valence-electron chi connectivity index (χ0n) is 15.7. The first-order valence-corrected chi connectivity index (χ1v) is 10.00. The maximum absolute atomic E-state index is 12.1. The van der Waals surface area contributed by atoms with Gasteiger partial charge in [-0.25, -0.2) is 0 Å². The Bertz CT molecular complexity index is 962. The summed E-state index contributed by atoms with van der Waals surface area (Å²) < 4.78 is 5.76. The number of nitrogens with one attached hydrogen (secondary N) is 2. The molecule has 3 aromatic rings. The fourth-order valence-corrected chi connectivity index (χ4v) is 3.14. The molecule has 0 unspecified atom stereocenters. The Morgan fingerprint density at radius 2 is 1.62 bits per heavy atom. The van der Waals surface area contributed by atoms with Gasteiger partial charge in [-0.3, -0.25) is 4.79 Å². The Balaban J connectivity index is 1.42. The van der Waals surface area contributed by atoms with Crippen LogP contribution in [-0.2, 0) is 17.8 Å². The molecule has 2 N–H and O–H groups in total. The van der Waals surface area contributed by atoms with E-state index in [1.807, 2.05) is 78.9 Å². The quantitative estimate of drug-likeness (QED) is 0.501. The SMILES string of the molecule is O=C(CCc1ccccc1Cl)NC(=S)Nc1ccc(OCc2ccccc2)cc1. The molecular weight excluding hydrogens is 404 g/mol. The number of ether oxygens (including phenoxy) is 1. The number of carbonyl (C=O) groups is 1. The number of halogens is 1. The molecule has 3 rings (SSSR count). The van der Waals surface area contributed by atoms with E-state index in [1.54, 1.807) is 0 Å². The van der Waals surface area contributed by atoms with Crippen molar-refractivity contribution in [3.63, 3.8) is 0 Å². The molecule has 0 aromatic heterocycles. The third kappa shape index (κ3) is 6.89. The first-order chi connectivity index (χ1) is 14.1. The predicted octanol–water partition coefficient (Wildman–Crippen LogP) is 5.36. The number of aryl methyl sites for hydroxylation is 1. The van der Waals surface area contributed by atoms with E-state index in [4.69, 9.17) is 28.6 Å². The van der Waals surface area contributed by atoms with E-state index >= 15 is 0 Å². The maximum atomic E-state index is 12.1. The van der Waals surface area contributed by atoms with E-state index in [1.165, 1.54) is 0 Å². The minimum atomic E-state index is -0.162. The molecule has 0 heterocycles. The molecule has 0 aliphatic carbocycles. The summed E-state index contributed by atoms with van der Waals surface area (Å²) in [5, 5.41) is 6.61. The lowest BCUT2D eigenvalue weighted by Gasteiger charge is -2.11. The van der Waals surface area contributed by atoms with Crippen LogP contribution < -0.4 is 15.4 Å². The number of benzene rings is 3. The lowest BCUT2D eigenvalue weighted by molar-refractivity contribution is -0.119. The van der Waals surface area contributed by atoms with Gasteiger partial charge in [0.05, 0.1) is 0 Å². The van der Waals surface area contributed by atoms with Gasteiger partial charge in [-0.05, 0) is 60.1 Å². The molecule has 0 radical (unpaired) electrons. The molecule has 29 heavy (non-hydrogen) atoms. The van der Waals surface area contributed by atoms with E-state index in [0.29, 0.717) is 24.5 Å². The van der Waals surface area contributed by atoms with Crippen LogP contribution in [0.4, 0.5) is 5.69 Å². The molecule has 148 valence electrons. The number of rotatable bonds is 7. The average molecular weight is 425 g/mol. The van der Waals surface area contributed by atoms with E-state index < -0.39 is 0 Å². The summed E-state index contributed by atoms with van der Waals surface area (Å²) >= 11 is 11.3. The van der Waals surface area contributed by atoms with Gasteiger partial charge in [0.1, 0.15) is 12.4 Å². The number of amides is 1. The van der Waals surface area contributed by atoms with Crippen molar-refractivity contribution in [3.05, 3.63) is 95.0 Å². The molecule has 0 atom stereocenters. The minimum absolute atomic E-state index is 0.162. The van der Waals surface area contributed by atoms with Crippen LogP contribution in [0.15, 0.2) is 78.9 Å². The highest BCUT2D eigenvalue weighted by molar-refractivity contribution is 7.80. The normalized spacial score (nSPS) is 10.2. The summed E-state index contributed by atoms with van der Waals surface area (Å²) in [6, 6.07) is 24.9. The van der Waals surface area contributed by atoms with Crippen LogP contribution in [0.1, 0.15) is 17.5 Å². The van der Waals surface area contributed by atoms with Gasteiger partial charge in [-0.1, -0.05) is 60.1 Å². The summed E-state index contributed by atoms with van der Waals surface area (Å²) in [6.45, 7) is 0.507. The van der Waals surface area contributed by atoms with Gasteiger partial charge in [-0.15, -0.1) is 0 Å². The summed E-state index contributed by atoms with van der Waals surface area (Å²) in [5.74, 6) is 0.597. The highest BCUT2D eigenvalue weighted by Crippen LogP contribution is 2.18. The Kier molecular flexibility index (Phi) is 7.61. The molecule has 4 nitrogen and oxygen atoms in total. The first kappa shape index (κ1) is 20.8. The number of carbonyl (C=O) groups excluding carboxylic acids is 1. The van der Waals surface area contributed by atoms with Crippen LogP contribution in [0.5, 0.6) is 5.75 Å². The van der Waals surface area contributed by atoms with Crippen molar-refractivity contribution < 1.29 is 9.53 Å². The van der Waals surface area contributed by atoms with Crippen molar-refractivity contribution in [2.75, 3.05) is 5.32 Å². The van der Waals surface area contributed by atoms with Crippen LogP contribution in [0, 0.1) is 0 Å². The topological polar surface area (TPSA) is 50.4 Å². The van der Waals surface area contributed by atoms with Gasteiger partial charge in [0, 0.05) is 17.1 Å². The first-order valence-electron chi connectivity index (χ1n) is 9.21. The summed E-state index contributed by atoms with van der Waals surface area (Å²) in [6.07, 6.45) is 0.861. The molecule has 0 aliphatic heterocycles. The van der Waals surface area contributed by atoms with Crippen molar-refractivity contribution in [2.24, 2.45) is 0 Å². The Morgan fingerprint density at radius 3 is 2.34 bits per heavy atom. The average Bonchev–Trinajstić information content (AvgIpc) is 2.73. The predicted molar refractivity (Wildman–Crippen MR) is 121 cm³/mol. The molecular formula is C23H21ClN2O2S. The van der Waals surface area contributed by atoms with Crippen LogP contribution in [0.3, 0.4) is 0 Å². The zero-order chi connectivity index (χ0) is 20.5. The van der Waals surface area contributed by atoms with Crippen LogP contribution >= 0.6 is 23.8 Å². The lowest BCUT2D eigenvalue weighted by Crippen LogP contribution is -2.34. The number of anilines is 1. The molecule has 0 spiro atoms. The second kappa shape index (κ2) is 10.6. The Morgan fingerprint density at radius 1 is 0.931 bits per heavy atom. The fraction of sp³-hybridized carbons (Fsp3) is 0.130. The molecule has 0 bridgehead atoms. The zero-order valence-corrected chi connectivity index (χ0v) is 17.3. The van der Waals surface area contributed by atoms with Crippen molar-refractivity contribution >= 4 is 40.5 Å². The molecule has 0 saturated carbocycles. The molecule has 1 amide bonds. The molecule has 6 heteroatoms. The number of hydrogen-bond acceptors (Lipinski definition) is 3. The maximum Gasteiger partial charge on any atom is 0.226 e. The van der Waals surface area contributed by atoms with Crippen molar-refractivity contribution in [2.45, 2.75) is 19.4 Å². The molecule has 3 aromatic carbocycles. The highest BCUT2D eigenvalue weighted by atomic mass is 35.5. The van der Waals surface area contributed by atoms with Crippen LogP contribution in [0.2, 0.25) is 5.02 Å². The smallest absolute Gasteiger partial charge is 0.226 e. The minimum Gasteiger partial charge on any atom is -0.489 e.